The van der Waals surface area contributed by atoms with Gasteiger partial charge in [0.15, 0.2) is 0 Å². The van der Waals surface area contributed by atoms with Crippen molar-refractivity contribution in [1.29, 1.82) is 0 Å². The van der Waals surface area contributed by atoms with Gasteiger partial charge in [-0.25, -0.2) is 9.59 Å². The van der Waals surface area contributed by atoms with E-state index in [9.17, 15) is 9.59 Å². The Hall–Kier alpha value is -2.30. The molecule has 1 rings (SSSR count). The molecule has 0 saturated carbocycles. The first-order valence-electron chi connectivity index (χ1n) is 4.83. The van der Waals surface area contributed by atoms with Crippen LogP contribution in [0.1, 0.15) is 15.9 Å². The Morgan fingerprint density at radius 2 is 1.94 bits per heavy atom. The number of ether oxygens (including phenoxy) is 2. The zero-order valence-corrected chi connectivity index (χ0v) is 9.60. The second-order valence-corrected chi connectivity index (χ2v) is 3.16. The first-order valence-corrected chi connectivity index (χ1v) is 4.83. The molecule has 5 nitrogen and oxygen atoms in total. The van der Waals surface area contributed by atoms with Gasteiger partial charge < -0.3 is 15.2 Å². The largest absolute Gasteiger partial charge is 0.466 e. The van der Waals surface area contributed by atoms with Gasteiger partial charge in [0.25, 0.3) is 0 Å². The molecule has 1 aromatic carbocycles. The van der Waals surface area contributed by atoms with Crippen LogP contribution in [0.3, 0.4) is 0 Å². The number of para-hydroxylation sites is 1. The summed E-state index contributed by atoms with van der Waals surface area (Å²) in [4.78, 5) is 22.3. The number of nitrogens with two attached hydrogens (primary N) is 1. The predicted molar refractivity (Wildman–Crippen MR) is 63.2 cm³/mol. The van der Waals surface area contributed by atoms with E-state index in [-0.39, 0.29) is 11.3 Å². The van der Waals surface area contributed by atoms with Gasteiger partial charge >= 0.3 is 11.9 Å². The molecule has 0 amide bonds. The highest BCUT2D eigenvalue weighted by molar-refractivity contribution is 5.98. The number of methoxy groups -OCH3 is 2. The highest BCUT2D eigenvalue weighted by Gasteiger charge is 2.11. The topological polar surface area (TPSA) is 78.6 Å². The summed E-state index contributed by atoms with van der Waals surface area (Å²) in [6.45, 7) is 0. The van der Waals surface area contributed by atoms with Crippen LogP contribution in [0, 0.1) is 0 Å². The third kappa shape index (κ3) is 3.07. The fraction of sp³-hybridized carbons (Fsp3) is 0.167. The summed E-state index contributed by atoms with van der Waals surface area (Å²) in [5.74, 6) is -1.01. The molecular weight excluding hydrogens is 222 g/mol. The average Bonchev–Trinajstić information content (AvgIpc) is 2.36. The Balaban J connectivity index is 3.06. The van der Waals surface area contributed by atoms with Crippen molar-refractivity contribution in [1.82, 2.24) is 0 Å². The van der Waals surface area contributed by atoms with Crippen LogP contribution in [-0.4, -0.2) is 26.2 Å². The van der Waals surface area contributed by atoms with Crippen LogP contribution in [0.15, 0.2) is 24.3 Å². The van der Waals surface area contributed by atoms with E-state index in [0.717, 1.165) is 0 Å². The van der Waals surface area contributed by atoms with Crippen LogP contribution in [0.5, 0.6) is 0 Å². The Bertz CT molecular complexity index is 466. The van der Waals surface area contributed by atoms with E-state index in [1.807, 2.05) is 0 Å². The van der Waals surface area contributed by atoms with Gasteiger partial charge in [0.05, 0.1) is 25.5 Å². The van der Waals surface area contributed by atoms with Crippen molar-refractivity contribution >= 4 is 23.7 Å². The third-order valence-electron chi connectivity index (χ3n) is 2.15. The van der Waals surface area contributed by atoms with Crippen LogP contribution in [-0.2, 0) is 14.3 Å². The molecule has 17 heavy (non-hydrogen) atoms. The van der Waals surface area contributed by atoms with Crippen LogP contribution in [0.4, 0.5) is 5.69 Å². The molecule has 90 valence electrons. The second-order valence-electron chi connectivity index (χ2n) is 3.16. The molecule has 5 heteroatoms. The molecule has 1 aromatic rings. The summed E-state index contributed by atoms with van der Waals surface area (Å²) in [6, 6.07) is 4.89. The maximum atomic E-state index is 11.4. The van der Waals surface area contributed by atoms with Crippen LogP contribution < -0.4 is 5.73 Å². The highest BCUT2D eigenvalue weighted by Crippen LogP contribution is 2.19. The lowest BCUT2D eigenvalue weighted by Crippen LogP contribution is -2.06. The molecule has 0 atom stereocenters. The van der Waals surface area contributed by atoms with Gasteiger partial charge in [0.2, 0.25) is 0 Å². The molecule has 0 aliphatic carbocycles. The number of benzene rings is 1. The van der Waals surface area contributed by atoms with E-state index in [1.54, 1.807) is 18.2 Å². The van der Waals surface area contributed by atoms with Crippen LogP contribution in [0.2, 0.25) is 0 Å². The van der Waals surface area contributed by atoms with Gasteiger partial charge in [-0.3, -0.25) is 0 Å². The number of hydrogen-bond acceptors (Lipinski definition) is 5. The summed E-state index contributed by atoms with van der Waals surface area (Å²) in [6.07, 6.45) is 2.71. The number of hydrogen-bond donors (Lipinski definition) is 1. The number of nitrogen functional groups attached to an aromatic ring is 1. The zero-order valence-electron chi connectivity index (χ0n) is 9.60. The quantitative estimate of drug-likeness (QED) is 0.484. The number of rotatable bonds is 3. The van der Waals surface area contributed by atoms with Gasteiger partial charge in [-0.1, -0.05) is 12.1 Å². The number of esters is 2. The Labute approximate surface area is 98.8 Å². The van der Waals surface area contributed by atoms with Crippen molar-refractivity contribution in [3.8, 4) is 0 Å². The van der Waals surface area contributed by atoms with Crippen molar-refractivity contribution in [2.45, 2.75) is 0 Å². The minimum absolute atomic E-state index is 0.263. The summed E-state index contributed by atoms with van der Waals surface area (Å²) < 4.78 is 9.04. The first kappa shape index (κ1) is 12.8. The minimum atomic E-state index is -0.518. The van der Waals surface area contributed by atoms with E-state index in [2.05, 4.69) is 9.47 Å². The van der Waals surface area contributed by atoms with E-state index in [1.165, 1.54) is 26.4 Å². The molecule has 0 bridgehead atoms. The Morgan fingerprint density at radius 1 is 1.24 bits per heavy atom. The fourth-order valence-electron chi connectivity index (χ4n) is 1.24. The Morgan fingerprint density at radius 3 is 2.53 bits per heavy atom. The summed E-state index contributed by atoms with van der Waals surface area (Å²) in [7, 11) is 2.56. The van der Waals surface area contributed by atoms with Crippen molar-refractivity contribution in [3.05, 3.63) is 35.4 Å². The predicted octanol–water partition coefficient (Wildman–Crippen LogP) is 1.24. The summed E-state index contributed by atoms with van der Waals surface area (Å²) >= 11 is 0. The molecule has 0 aliphatic heterocycles. The van der Waals surface area contributed by atoms with E-state index >= 15 is 0 Å². The van der Waals surface area contributed by atoms with E-state index < -0.39 is 11.9 Å². The van der Waals surface area contributed by atoms with Crippen molar-refractivity contribution in [2.75, 3.05) is 20.0 Å². The minimum Gasteiger partial charge on any atom is -0.466 e. The lowest BCUT2D eigenvalue weighted by atomic mass is 10.1. The van der Waals surface area contributed by atoms with Gasteiger partial charge in [-0.15, -0.1) is 0 Å². The van der Waals surface area contributed by atoms with Gasteiger partial charge in [0, 0.05) is 6.08 Å². The van der Waals surface area contributed by atoms with Crippen LogP contribution >= 0.6 is 0 Å². The standard InChI is InChI=1S/C12H13NO4/c1-16-10(14)7-6-8-4-3-5-9(11(8)13)12(15)17-2/h3-7H,13H2,1-2H3/b7-6+. The second kappa shape index (κ2) is 5.69. The number of anilines is 1. The molecule has 0 spiro atoms. The summed E-state index contributed by atoms with van der Waals surface area (Å²) in [5.41, 5.74) is 6.86. The molecule has 0 radical (unpaired) electrons. The molecule has 0 aliphatic rings. The lowest BCUT2D eigenvalue weighted by molar-refractivity contribution is -0.134. The number of carbonyl (C=O) groups excluding carboxylic acids is 2. The molecule has 0 fully saturated rings. The maximum absolute atomic E-state index is 11.4. The smallest absolute Gasteiger partial charge is 0.339 e. The maximum Gasteiger partial charge on any atom is 0.339 e. The van der Waals surface area contributed by atoms with Gasteiger partial charge in [0.1, 0.15) is 0 Å². The lowest BCUT2D eigenvalue weighted by Gasteiger charge is -2.06. The van der Waals surface area contributed by atoms with Crippen LogP contribution in [0.25, 0.3) is 6.08 Å². The molecule has 0 saturated heterocycles. The molecule has 0 heterocycles. The molecule has 0 unspecified atom stereocenters. The van der Waals surface area contributed by atoms with E-state index in [4.69, 9.17) is 5.73 Å². The fourth-order valence-corrected chi connectivity index (χ4v) is 1.24. The average molecular weight is 235 g/mol. The monoisotopic (exact) mass is 235 g/mol. The third-order valence-corrected chi connectivity index (χ3v) is 2.15. The van der Waals surface area contributed by atoms with Crippen molar-refractivity contribution in [3.63, 3.8) is 0 Å². The SMILES string of the molecule is COC(=O)/C=C/c1cccc(C(=O)OC)c1N. The molecule has 2 N–H and O–H groups in total. The normalized spacial score (nSPS) is 10.2. The number of carbonyl (C=O) groups is 2. The highest BCUT2D eigenvalue weighted by atomic mass is 16.5. The van der Waals surface area contributed by atoms with Crippen molar-refractivity contribution < 1.29 is 19.1 Å². The van der Waals surface area contributed by atoms with Gasteiger partial charge in [-0.05, 0) is 17.7 Å². The molecular formula is C12H13NO4. The molecule has 0 aromatic heterocycles. The van der Waals surface area contributed by atoms with E-state index in [0.29, 0.717) is 5.56 Å². The van der Waals surface area contributed by atoms with Crippen molar-refractivity contribution in [2.24, 2.45) is 0 Å². The zero-order chi connectivity index (χ0) is 12.8. The summed E-state index contributed by atoms with van der Waals surface area (Å²) in [5, 5.41) is 0. The Kier molecular flexibility index (Phi) is 4.28. The van der Waals surface area contributed by atoms with Gasteiger partial charge in [-0.2, -0.15) is 0 Å². The first-order chi connectivity index (χ1) is 8.10.